The van der Waals surface area contributed by atoms with E-state index in [0.29, 0.717) is 0 Å². The van der Waals surface area contributed by atoms with Crippen molar-refractivity contribution >= 4 is 23.9 Å². The predicted octanol–water partition coefficient (Wildman–Crippen LogP) is 3.02. The normalized spacial score (nSPS) is 14.6. The van der Waals surface area contributed by atoms with Gasteiger partial charge in [-0.25, -0.2) is 0 Å². The van der Waals surface area contributed by atoms with Gasteiger partial charge in [0.15, 0.2) is 0 Å². The Kier molecular flexibility index (Phi) is 6.69. The Balaban J connectivity index is 4.97. The molecule has 132 valence electrons. The third-order valence-corrected chi connectivity index (χ3v) is 3.42. The average Bonchev–Trinajstić information content (AvgIpc) is 2.35. The molecule has 0 bridgehead atoms. The first-order chi connectivity index (χ1) is 10.1. The van der Waals surface area contributed by atoms with Crippen molar-refractivity contribution in [1.82, 2.24) is 0 Å². The van der Waals surface area contributed by atoms with Gasteiger partial charge in [0.1, 0.15) is 0 Å². The SMILES string of the molecule is CCC(C)(CC(=O)OC(=O)C(C)(C)C)C(=O)OC(=O)C(C)(C)C. The summed E-state index contributed by atoms with van der Waals surface area (Å²) in [7, 11) is 0. The maximum Gasteiger partial charge on any atom is 0.320 e. The minimum Gasteiger partial charge on any atom is -0.393 e. The van der Waals surface area contributed by atoms with E-state index in [1.54, 1.807) is 48.5 Å². The second-order valence-electron chi connectivity index (χ2n) is 8.03. The van der Waals surface area contributed by atoms with E-state index in [9.17, 15) is 19.2 Å². The number of carbonyl (C=O) groups excluding carboxylic acids is 4. The van der Waals surface area contributed by atoms with Crippen LogP contribution in [0.4, 0.5) is 0 Å². The Hall–Kier alpha value is -1.72. The summed E-state index contributed by atoms with van der Waals surface area (Å²) in [6.07, 6.45) is -0.0658. The maximum absolute atomic E-state index is 12.2. The van der Waals surface area contributed by atoms with Gasteiger partial charge < -0.3 is 9.47 Å². The number of esters is 4. The molecule has 0 rings (SSSR count). The number of hydrogen-bond donors (Lipinski definition) is 0. The van der Waals surface area contributed by atoms with Gasteiger partial charge in [0.25, 0.3) is 0 Å². The van der Waals surface area contributed by atoms with Crippen molar-refractivity contribution < 1.29 is 28.7 Å². The van der Waals surface area contributed by atoms with Crippen LogP contribution in [0.25, 0.3) is 0 Å². The second-order valence-corrected chi connectivity index (χ2v) is 8.03. The highest BCUT2D eigenvalue weighted by molar-refractivity contribution is 5.94. The van der Waals surface area contributed by atoms with Crippen molar-refractivity contribution in [3.05, 3.63) is 0 Å². The van der Waals surface area contributed by atoms with Gasteiger partial charge in [-0.1, -0.05) is 6.92 Å². The van der Waals surface area contributed by atoms with E-state index >= 15 is 0 Å². The first kappa shape index (κ1) is 21.3. The van der Waals surface area contributed by atoms with Crippen LogP contribution in [0.5, 0.6) is 0 Å². The topological polar surface area (TPSA) is 86.7 Å². The van der Waals surface area contributed by atoms with E-state index in [4.69, 9.17) is 9.47 Å². The molecule has 0 aliphatic rings. The smallest absolute Gasteiger partial charge is 0.320 e. The second kappa shape index (κ2) is 7.23. The van der Waals surface area contributed by atoms with Gasteiger partial charge in [-0.05, 0) is 54.9 Å². The molecular weight excluding hydrogens is 300 g/mol. The van der Waals surface area contributed by atoms with E-state index in [0.717, 1.165) is 0 Å². The van der Waals surface area contributed by atoms with Crippen molar-refractivity contribution in [2.75, 3.05) is 0 Å². The fourth-order valence-electron chi connectivity index (χ4n) is 1.31. The Morgan fingerprint density at radius 1 is 0.696 bits per heavy atom. The number of hydrogen-bond acceptors (Lipinski definition) is 6. The zero-order chi connectivity index (χ0) is 18.6. The van der Waals surface area contributed by atoms with Gasteiger partial charge in [-0.2, -0.15) is 0 Å². The molecule has 0 aliphatic carbocycles. The van der Waals surface area contributed by atoms with E-state index in [1.807, 2.05) is 0 Å². The first-order valence-electron chi connectivity index (χ1n) is 7.65. The summed E-state index contributed by atoms with van der Waals surface area (Å²) in [5, 5.41) is 0. The molecule has 0 aromatic rings. The summed E-state index contributed by atoms with van der Waals surface area (Å²) in [6.45, 7) is 13.0. The lowest BCUT2D eigenvalue weighted by Crippen LogP contribution is -2.37. The fourth-order valence-corrected chi connectivity index (χ4v) is 1.31. The highest BCUT2D eigenvalue weighted by atomic mass is 16.6. The molecule has 0 amide bonds. The van der Waals surface area contributed by atoms with Crippen molar-refractivity contribution in [1.29, 1.82) is 0 Å². The van der Waals surface area contributed by atoms with E-state index in [2.05, 4.69) is 0 Å². The van der Waals surface area contributed by atoms with Gasteiger partial charge in [0, 0.05) is 0 Å². The molecule has 0 aromatic carbocycles. The molecule has 0 fully saturated rings. The Labute approximate surface area is 137 Å². The van der Waals surface area contributed by atoms with Gasteiger partial charge in [-0.3, -0.25) is 19.2 Å². The zero-order valence-corrected chi connectivity index (χ0v) is 15.4. The van der Waals surface area contributed by atoms with E-state index in [1.165, 1.54) is 6.92 Å². The molecule has 23 heavy (non-hydrogen) atoms. The molecule has 0 aromatic heterocycles. The Morgan fingerprint density at radius 2 is 1.09 bits per heavy atom. The molecule has 0 spiro atoms. The largest absolute Gasteiger partial charge is 0.393 e. The fraction of sp³-hybridized carbons (Fsp3) is 0.765. The molecule has 6 nitrogen and oxygen atoms in total. The van der Waals surface area contributed by atoms with Crippen LogP contribution in [-0.2, 0) is 28.7 Å². The molecule has 0 saturated carbocycles. The van der Waals surface area contributed by atoms with E-state index in [-0.39, 0.29) is 12.8 Å². The van der Waals surface area contributed by atoms with Gasteiger partial charge in [0.05, 0.1) is 22.7 Å². The van der Waals surface area contributed by atoms with Crippen LogP contribution < -0.4 is 0 Å². The molecule has 0 heterocycles. The van der Waals surface area contributed by atoms with Crippen LogP contribution in [-0.4, -0.2) is 23.9 Å². The van der Waals surface area contributed by atoms with Crippen molar-refractivity contribution in [3.8, 4) is 0 Å². The highest BCUT2D eigenvalue weighted by Crippen LogP contribution is 2.30. The van der Waals surface area contributed by atoms with Crippen molar-refractivity contribution in [2.24, 2.45) is 16.2 Å². The molecule has 0 aliphatic heterocycles. The molecule has 1 atom stereocenters. The van der Waals surface area contributed by atoms with E-state index < -0.39 is 40.1 Å². The summed E-state index contributed by atoms with van der Waals surface area (Å²) in [6, 6.07) is 0. The number of carbonyl (C=O) groups is 4. The van der Waals surface area contributed by atoms with Crippen LogP contribution in [0, 0.1) is 16.2 Å². The number of ether oxygens (including phenoxy) is 2. The van der Waals surface area contributed by atoms with Gasteiger partial charge in [-0.15, -0.1) is 0 Å². The molecular formula is C17H28O6. The first-order valence-corrected chi connectivity index (χ1v) is 7.65. The highest BCUT2D eigenvalue weighted by Gasteiger charge is 2.40. The molecule has 0 N–H and O–H groups in total. The van der Waals surface area contributed by atoms with Crippen molar-refractivity contribution in [3.63, 3.8) is 0 Å². The minimum absolute atomic E-state index is 0.266. The lowest BCUT2D eigenvalue weighted by molar-refractivity contribution is -0.177. The van der Waals surface area contributed by atoms with Crippen LogP contribution in [0.2, 0.25) is 0 Å². The molecule has 6 heteroatoms. The maximum atomic E-state index is 12.2. The molecule has 1 unspecified atom stereocenters. The summed E-state index contributed by atoms with van der Waals surface area (Å²) in [5.41, 5.74) is -2.87. The summed E-state index contributed by atoms with van der Waals surface area (Å²) >= 11 is 0. The molecule has 0 radical (unpaired) electrons. The van der Waals surface area contributed by atoms with Crippen LogP contribution in [0.15, 0.2) is 0 Å². The van der Waals surface area contributed by atoms with Gasteiger partial charge in [0.2, 0.25) is 0 Å². The quantitative estimate of drug-likeness (QED) is 0.582. The van der Waals surface area contributed by atoms with Crippen molar-refractivity contribution in [2.45, 2.75) is 68.2 Å². The average molecular weight is 328 g/mol. The monoisotopic (exact) mass is 328 g/mol. The summed E-state index contributed by atoms with van der Waals surface area (Å²) in [4.78, 5) is 47.7. The standard InChI is InChI=1S/C17H28O6/c1-9-17(8,14(21)23-13(20)16(5,6)7)10-11(18)22-12(19)15(2,3)4/h9-10H2,1-8H3. The lowest BCUT2D eigenvalue weighted by atomic mass is 9.84. The van der Waals surface area contributed by atoms with Crippen LogP contribution in [0.3, 0.4) is 0 Å². The lowest BCUT2D eigenvalue weighted by Gasteiger charge is -2.26. The molecule has 0 saturated heterocycles. The van der Waals surface area contributed by atoms with Crippen LogP contribution in [0.1, 0.15) is 68.2 Å². The third-order valence-electron chi connectivity index (χ3n) is 3.42. The van der Waals surface area contributed by atoms with Gasteiger partial charge >= 0.3 is 23.9 Å². The summed E-state index contributed by atoms with van der Waals surface area (Å²) in [5.74, 6) is -2.93. The number of rotatable bonds is 4. The predicted molar refractivity (Wildman–Crippen MR) is 84.1 cm³/mol. The summed E-state index contributed by atoms with van der Waals surface area (Å²) < 4.78 is 9.64. The third kappa shape index (κ3) is 6.50. The minimum atomic E-state index is -1.23. The zero-order valence-electron chi connectivity index (χ0n) is 15.4. The Bertz CT molecular complexity index is 492. The Morgan fingerprint density at radius 3 is 1.43 bits per heavy atom. The van der Waals surface area contributed by atoms with Crippen LogP contribution >= 0.6 is 0 Å².